The van der Waals surface area contributed by atoms with E-state index in [0.717, 1.165) is 0 Å². The second-order valence-corrected chi connectivity index (χ2v) is 4.81. The molecule has 9 heteroatoms. The lowest BCUT2D eigenvalue weighted by atomic mass is 10.1. The molecule has 0 spiro atoms. The van der Waals surface area contributed by atoms with Gasteiger partial charge in [-0.1, -0.05) is 0 Å². The van der Waals surface area contributed by atoms with Crippen molar-refractivity contribution in [1.29, 1.82) is 0 Å². The third-order valence-corrected chi connectivity index (χ3v) is 3.13. The van der Waals surface area contributed by atoms with E-state index in [0.29, 0.717) is 22.9 Å². The molecule has 1 fully saturated rings. The van der Waals surface area contributed by atoms with Crippen LogP contribution >= 0.6 is 0 Å². The summed E-state index contributed by atoms with van der Waals surface area (Å²) >= 11 is 0. The Morgan fingerprint density at radius 1 is 1.53 bits per heavy atom. The minimum atomic E-state index is -4.72. The van der Waals surface area contributed by atoms with Crippen LogP contribution in [0.3, 0.4) is 0 Å². The lowest BCUT2D eigenvalue weighted by Crippen LogP contribution is -2.32. The highest BCUT2D eigenvalue weighted by Crippen LogP contribution is 2.38. The third-order valence-electron chi connectivity index (χ3n) is 2.78. The Kier molecular flexibility index (Phi) is 2.00. The standard InChI is InChI=1S/C8H8N2O6S/c11-8-9-3-6(10(8)16-17(12,13)14)5-1-2-15-7(5)4-9/h1-2,6H,3-4H2,(H,12,13,14). The van der Waals surface area contributed by atoms with Gasteiger partial charge in [-0.05, 0) is 6.07 Å². The molecular weight excluding hydrogens is 252 g/mol. The van der Waals surface area contributed by atoms with Gasteiger partial charge in [0.25, 0.3) is 0 Å². The fraction of sp³-hybridized carbons (Fsp3) is 0.375. The van der Waals surface area contributed by atoms with E-state index in [1.165, 1.54) is 11.2 Å². The van der Waals surface area contributed by atoms with Gasteiger partial charge in [0.2, 0.25) is 0 Å². The van der Waals surface area contributed by atoms with Crippen molar-refractivity contribution in [3.63, 3.8) is 0 Å². The van der Waals surface area contributed by atoms with Crippen LogP contribution in [0.1, 0.15) is 17.4 Å². The van der Waals surface area contributed by atoms with Crippen LogP contribution in [0.25, 0.3) is 0 Å². The number of furan rings is 1. The number of carbonyl (C=O) groups excluding carboxylic acids is 1. The van der Waals surface area contributed by atoms with Gasteiger partial charge in [-0.25, -0.2) is 4.79 Å². The molecule has 3 rings (SSSR count). The summed E-state index contributed by atoms with van der Waals surface area (Å²) in [5.74, 6) is 0.594. The van der Waals surface area contributed by atoms with E-state index in [1.807, 2.05) is 0 Å². The smallest absolute Gasteiger partial charge is 0.418 e. The second kappa shape index (κ2) is 3.22. The van der Waals surface area contributed by atoms with E-state index in [9.17, 15) is 13.2 Å². The zero-order chi connectivity index (χ0) is 12.2. The van der Waals surface area contributed by atoms with Crippen molar-refractivity contribution in [2.24, 2.45) is 0 Å². The number of hydrogen-bond acceptors (Lipinski definition) is 5. The topological polar surface area (TPSA) is 100 Å². The summed E-state index contributed by atoms with van der Waals surface area (Å²) in [6, 6.07) is 0.460. The van der Waals surface area contributed by atoms with E-state index in [1.54, 1.807) is 6.07 Å². The fourth-order valence-corrected chi connectivity index (χ4v) is 2.50. The Bertz CT molecular complexity index is 579. The highest BCUT2D eigenvalue weighted by Gasteiger charge is 2.47. The van der Waals surface area contributed by atoms with E-state index in [-0.39, 0.29) is 6.54 Å². The summed E-state index contributed by atoms with van der Waals surface area (Å²) in [5.41, 5.74) is 0.691. The number of hydrogen-bond donors (Lipinski definition) is 1. The van der Waals surface area contributed by atoms with Gasteiger partial charge in [0.1, 0.15) is 11.8 Å². The molecule has 2 amide bonds. The summed E-state index contributed by atoms with van der Waals surface area (Å²) in [6.07, 6.45) is 1.46. The van der Waals surface area contributed by atoms with Crippen LogP contribution in [-0.2, 0) is 21.2 Å². The minimum absolute atomic E-state index is 0.267. The molecule has 2 aliphatic heterocycles. The average molecular weight is 260 g/mol. The normalized spacial score (nSPS) is 23.1. The first kappa shape index (κ1) is 10.6. The number of amides is 2. The van der Waals surface area contributed by atoms with Crippen molar-refractivity contribution >= 4 is 16.4 Å². The summed E-state index contributed by atoms with van der Waals surface area (Å²) in [5, 5.41) is 0.649. The van der Waals surface area contributed by atoms with Gasteiger partial charge >= 0.3 is 16.4 Å². The Hall–Kier alpha value is -1.58. The molecule has 0 saturated carbocycles. The van der Waals surface area contributed by atoms with Crippen LogP contribution in [-0.4, -0.2) is 35.5 Å². The largest absolute Gasteiger partial charge is 0.467 e. The molecule has 92 valence electrons. The SMILES string of the molecule is O=C1N2Cc3occc3C(C2)N1OS(=O)(=O)O. The number of nitrogens with zero attached hydrogens (tertiary/aromatic N) is 2. The molecule has 17 heavy (non-hydrogen) atoms. The first-order valence-electron chi connectivity index (χ1n) is 4.77. The van der Waals surface area contributed by atoms with Gasteiger partial charge < -0.3 is 9.32 Å². The zero-order valence-electron chi connectivity index (χ0n) is 8.44. The van der Waals surface area contributed by atoms with Crippen molar-refractivity contribution in [3.05, 3.63) is 23.7 Å². The zero-order valence-corrected chi connectivity index (χ0v) is 9.25. The van der Waals surface area contributed by atoms with Gasteiger partial charge in [-0.3, -0.25) is 4.55 Å². The lowest BCUT2D eigenvalue weighted by molar-refractivity contribution is -0.0317. The molecular formula is C8H8N2O6S. The highest BCUT2D eigenvalue weighted by molar-refractivity contribution is 7.80. The van der Waals surface area contributed by atoms with E-state index in [4.69, 9.17) is 8.97 Å². The quantitative estimate of drug-likeness (QED) is 0.768. The molecule has 1 aromatic rings. The Balaban J connectivity index is 1.99. The Morgan fingerprint density at radius 2 is 2.29 bits per heavy atom. The van der Waals surface area contributed by atoms with Crippen molar-refractivity contribution in [1.82, 2.24) is 9.96 Å². The molecule has 8 nitrogen and oxygen atoms in total. The molecule has 2 aliphatic rings. The van der Waals surface area contributed by atoms with Gasteiger partial charge in [0, 0.05) is 5.56 Å². The van der Waals surface area contributed by atoms with E-state index in [2.05, 4.69) is 4.28 Å². The molecule has 1 unspecified atom stereocenters. The Morgan fingerprint density at radius 3 is 3.00 bits per heavy atom. The molecule has 1 atom stereocenters. The predicted octanol–water partition coefficient (Wildman–Crippen LogP) is 0.306. The molecule has 0 aliphatic carbocycles. The van der Waals surface area contributed by atoms with Crippen LogP contribution in [0.2, 0.25) is 0 Å². The van der Waals surface area contributed by atoms with Gasteiger partial charge in [-0.2, -0.15) is 13.5 Å². The van der Waals surface area contributed by atoms with Gasteiger partial charge in [0.15, 0.2) is 0 Å². The maximum absolute atomic E-state index is 11.7. The molecule has 1 aromatic heterocycles. The minimum Gasteiger partial charge on any atom is -0.467 e. The van der Waals surface area contributed by atoms with Crippen LogP contribution in [0.15, 0.2) is 16.7 Å². The van der Waals surface area contributed by atoms with Crippen molar-refractivity contribution < 1.29 is 26.5 Å². The van der Waals surface area contributed by atoms with E-state index < -0.39 is 22.5 Å². The lowest BCUT2D eigenvalue weighted by Gasteiger charge is -2.20. The van der Waals surface area contributed by atoms with Gasteiger partial charge in [0.05, 0.1) is 19.4 Å². The third kappa shape index (κ3) is 1.59. The van der Waals surface area contributed by atoms with E-state index >= 15 is 0 Å². The van der Waals surface area contributed by atoms with Crippen LogP contribution in [0, 0.1) is 0 Å². The number of fused-ring (bicyclic) bond motifs is 4. The second-order valence-electron chi connectivity index (χ2n) is 3.81. The average Bonchev–Trinajstić information content (AvgIpc) is 2.77. The summed E-state index contributed by atoms with van der Waals surface area (Å²) in [7, 11) is -4.72. The molecule has 3 heterocycles. The first-order chi connectivity index (χ1) is 7.96. The molecule has 1 N–H and O–H groups in total. The summed E-state index contributed by atoms with van der Waals surface area (Å²) < 4.78 is 39.4. The number of rotatable bonds is 2. The Labute approximate surface area is 96.3 Å². The maximum Gasteiger partial charge on any atom is 0.418 e. The maximum atomic E-state index is 11.7. The number of carbonyl (C=O) groups is 1. The highest BCUT2D eigenvalue weighted by atomic mass is 32.3. The molecule has 1 saturated heterocycles. The van der Waals surface area contributed by atoms with Crippen LogP contribution < -0.4 is 0 Å². The monoisotopic (exact) mass is 260 g/mol. The molecule has 0 aromatic carbocycles. The molecule has 2 bridgehead atoms. The summed E-state index contributed by atoms with van der Waals surface area (Å²) in [4.78, 5) is 13.1. The van der Waals surface area contributed by atoms with Crippen LogP contribution in [0.4, 0.5) is 4.79 Å². The van der Waals surface area contributed by atoms with Crippen molar-refractivity contribution in [2.75, 3.05) is 6.54 Å². The first-order valence-corrected chi connectivity index (χ1v) is 6.13. The summed E-state index contributed by atoms with van der Waals surface area (Å²) in [6.45, 7) is 0.573. The number of urea groups is 1. The van der Waals surface area contributed by atoms with Gasteiger partial charge in [-0.15, -0.1) is 4.28 Å². The molecule has 0 radical (unpaired) electrons. The fourth-order valence-electron chi connectivity index (χ4n) is 2.13. The number of hydroxylamine groups is 2. The van der Waals surface area contributed by atoms with Crippen molar-refractivity contribution in [2.45, 2.75) is 12.6 Å². The van der Waals surface area contributed by atoms with Crippen LogP contribution in [0.5, 0.6) is 0 Å². The predicted molar refractivity (Wildman–Crippen MR) is 51.7 cm³/mol. The van der Waals surface area contributed by atoms with Crippen molar-refractivity contribution in [3.8, 4) is 0 Å².